The SMILES string of the molecule is COc1cc(OCc2ccc(C(F)(F)F)cc2)ccc1CN1CCN(c2ccc(OCC3CCn4cc([N+](=O)[O-])nc4O3)cc2)CC1. The van der Waals surface area contributed by atoms with Crippen molar-refractivity contribution in [1.29, 1.82) is 0 Å². The van der Waals surface area contributed by atoms with Crippen LogP contribution in [0, 0.1) is 10.1 Å². The van der Waals surface area contributed by atoms with Gasteiger partial charge in [-0.05, 0) is 53.0 Å². The lowest BCUT2D eigenvalue weighted by Crippen LogP contribution is -2.46. The van der Waals surface area contributed by atoms with Crippen LogP contribution in [0.5, 0.6) is 23.3 Å². The quantitative estimate of drug-likeness (QED) is 0.144. The second-order valence-electron chi connectivity index (χ2n) is 11.4. The van der Waals surface area contributed by atoms with Gasteiger partial charge in [-0.25, -0.2) is 0 Å². The molecular weight excluding hydrogens is 619 g/mol. The Morgan fingerprint density at radius 2 is 1.68 bits per heavy atom. The van der Waals surface area contributed by atoms with Gasteiger partial charge in [0.2, 0.25) is 0 Å². The third-order valence-electron chi connectivity index (χ3n) is 8.23. The first-order chi connectivity index (χ1) is 22.6. The molecule has 1 aromatic heterocycles. The van der Waals surface area contributed by atoms with E-state index in [1.807, 2.05) is 36.4 Å². The van der Waals surface area contributed by atoms with E-state index in [0.717, 1.165) is 55.3 Å². The first-order valence-electron chi connectivity index (χ1n) is 15.2. The fraction of sp³-hybridized carbons (Fsp3) is 0.364. The number of aromatic nitrogens is 2. The molecule has 3 heterocycles. The van der Waals surface area contributed by atoms with Crippen molar-refractivity contribution in [2.45, 2.75) is 38.4 Å². The van der Waals surface area contributed by atoms with Gasteiger partial charge in [-0.3, -0.25) is 9.47 Å². The highest BCUT2D eigenvalue weighted by molar-refractivity contribution is 5.49. The summed E-state index contributed by atoms with van der Waals surface area (Å²) in [6.07, 6.45) is -2.56. The van der Waals surface area contributed by atoms with E-state index in [9.17, 15) is 23.3 Å². The molecule has 1 unspecified atom stereocenters. The summed E-state index contributed by atoms with van der Waals surface area (Å²) in [7, 11) is 1.61. The number of halogens is 3. The molecule has 0 radical (unpaired) electrons. The van der Waals surface area contributed by atoms with Crippen molar-refractivity contribution < 1.29 is 37.0 Å². The molecule has 0 spiro atoms. The summed E-state index contributed by atoms with van der Waals surface area (Å²) < 4.78 is 63.3. The van der Waals surface area contributed by atoms with Crippen molar-refractivity contribution in [3.63, 3.8) is 0 Å². The van der Waals surface area contributed by atoms with E-state index in [0.29, 0.717) is 43.2 Å². The first kappa shape index (κ1) is 32.0. The second-order valence-corrected chi connectivity index (χ2v) is 11.4. The molecule has 1 atom stereocenters. The van der Waals surface area contributed by atoms with Gasteiger partial charge in [-0.2, -0.15) is 13.2 Å². The van der Waals surface area contributed by atoms with Gasteiger partial charge in [0, 0.05) is 68.0 Å². The number of fused-ring (bicyclic) bond motifs is 1. The summed E-state index contributed by atoms with van der Waals surface area (Å²) in [5.74, 6) is 1.76. The molecule has 0 saturated carbocycles. The number of nitrogens with zero attached hydrogens (tertiary/aromatic N) is 5. The number of anilines is 1. The van der Waals surface area contributed by atoms with E-state index < -0.39 is 16.7 Å². The van der Waals surface area contributed by atoms with Gasteiger partial charge in [-0.15, -0.1) is 0 Å². The number of rotatable bonds is 11. The molecule has 2 aliphatic heterocycles. The first-order valence-corrected chi connectivity index (χ1v) is 15.2. The van der Waals surface area contributed by atoms with Crippen molar-refractivity contribution in [3.8, 4) is 23.3 Å². The lowest BCUT2D eigenvalue weighted by molar-refractivity contribution is -0.389. The highest BCUT2D eigenvalue weighted by Gasteiger charge is 2.30. The Morgan fingerprint density at radius 3 is 2.36 bits per heavy atom. The van der Waals surface area contributed by atoms with Crippen molar-refractivity contribution in [2.24, 2.45) is 0 Å². The zero-order chi connectivity index (χ0) is 33.0. The van der Waals surface area contributed by atoms with Crippen LogP contribution < -0.4 is 23.8 Å². The maximum Gasteiger partial charge on any atom is 0.416 e. The van der Waals surface area contributed by atoms with Gasteiger partial charge in [0.1, 0.15) is 42.8 Å². The molecule has 1 saturated heterocycles. The standard InChI is InChI=1S/C33H34F3N5O6/c1-44-30-18-28(45-21-23-2-5-25(6-3-23)33(34,35)36)9-4-24(30)19-38-14-16-39(17-15-38)26-7-10-27(11-8-26)46-22-29-12-13-40-20-31(41(42)43)37-32(40)47-29/h2-11,18,20,29H,12-17,19,21-22H2,1H3. The number of methoxy groups -OCH3 is 1. The molecule has 0 bridgehead atoms. The van der Waals surface area contributed by atoms with Gasteiger partial charge in [0.15, 0.2) is 0 Å². The zero-order valence-corrected chi connectivity index (χ0v) is 25.7. The van der Waals surface area contributed by atoms with E-state index in [-0.39, 0.29) is 24.5 Å². The predicted molar refractivity (Wildman–Crippen MR) is 166 cm³/mol. The number of aryl methyl sites for hydroxylation is 1. The maximum atomic E-state index is 12.8. The Morgan fingerprint density at radius 1 is 0.957 bits per heavy atom. The van der Waals surface area contributed by atoms with Crippen molar-refractivity contribution in [2.75, 3.05) is 44.8 Å². The van der Waals surface area contributed by atoms with E-state index in [1.54, 1.807) is 17.7 Å². The Labute approximate surface area is 269 Å². The summed E-state index contributed by atoms with van der Waals surface area (Å²) >= 11 is 0. The Kier molecular flexibility index (Phi) is 9.38. The smallest absolute Gasteiger partial charge is 0.416 e. The Balaban J connectivity index is 0.951. The van der Waals surface area contributed by atoms with Gasteiger partial charge in [-0.1, -0.05) is 18.2 Å². The van der Waals surface area contributed by atoms with E-state index in [2.05, 4.69) is 14.8 Å². The van der Waals surface area contributed by atoms with E-state index in [4.69, 9.17) is 18.9 Å². The number of hydrogen-bond donors (Lipinski definition) is 0. The molecule has 14 heteroatoms. The largest absolute Gasteiger partial charge is 0.496 e. The van der Waals surface area contributed by atoms with Crippen LogP contribution in [0.4, 0.5) is 24.7 Å². The van der Waals surface area contributed by atoms with Crippen molar-refractivity contribution in [1.82, 2.24) is 14.5 Å². The molecule has 2 aliphatic rings. The average Bonchev–Trinajstić information content (AvgIpc) is 3.51. The number of imidazole rings is 1. The van der Waals surface area contributed by atoms with E-state index >= 15 is 0 Å². The average molecular weight is 654 g/mol. The van der Waals surface area contributed by atoms with Gasteiger partial charge in [0.25, 0.3) is 0 Å². The molecule has 0 N–H and O–H groups in total. The highest BCUT2D eigenvalue weighted by atomic mass is 19.4. The van der Waals surface area contributed by atoms with Crippen molar-refractivity contribution in [3.05, 3.63) is 99.7 Å². The summed E-state index contributed by atoms with van der Waals surface area (Å²) in [6, 6.07) is 18.7. The lowest BCUT2D eigenvalue weighted by atomic mass is 10.1. The molecule has 4 aromatic rings. The normalized spacial score (nSPS) is 16.7. The third kappa shape index (κ3) is 7.88. The fourth-order valence-corrected chi connectivity index (χ4v) is 5.59. The molecule has 0 amide bonds. The molecule has 11 nitrogen and oxygen atoms in total. The minimum Gasteiger partial charge on any atom is -0.496 e. The second kappa shape index (κ2) is 13.8. The van der Waals surface area contributed by atoms with Crippen LogP contribution in [0.1, 0.15) is 23.1 Å². The van der Waals surface area contributed by atoms with Crippen LogP contribution in [0.15, 0.2) is 72.9 Å². The maximum absolute atomic E-state index is 12.8. The molecule has 47 heavy (non-hydrogen) atoms. The summed E-state index contributed by atoms with van der Waals surface area (Å²) in [5, 5.41) is 11.0. The predicted octanol–water partition coefficient (Wildman–Crippen LogP) is 5.95. The third-order valence-corrected chi connectivity index (χ3v) is 8.23. The van der Waals surface area contributed by atoms with Crippen LogP contribution in [0.3, 0.4) is 0 Å². The van der Waals surface area contributed by atoms with Crippen LogP contribution in [-0.4, -0.2) is 65.4 Å². The number of piperazine rings is 1. The minimum atomic E-state index is -4.37. The van der Waals surface area contributed by atoms with E-state index in [1.165, 1.54) is 18.3 Å². The van der Waals surface area contributed by atoms with Crippen LogP contribution >= 0.6 is 0 Å². The lowest BCUT2D eigenvalue weighted by Gasteiger charge is -2.36. The molecule has 6 rings (SSSR count). The van der Waals surface area contributed by atoms with Crippen LogP contribution in [0.25, 0.3) is 0 Å². The van der Waals surface area contributed by atoms with Gasteiger partial charge >= 0.3 is 18.0 Å². The number of nitro groups is 1. The molecule has 1 fully saturated rings. The van der Waals surface area contributed by atoms with Crippen molar-refractivity contribution >= 4 is 11.5 Å². The van der Waals surface area contributed by atoms with Gasteiger partial charge < -0.3 is 34.0 Å². The topological polar surface area (TPSA) is 104 Å². The zero-order valence-electron chi connectivity index (χ0n) is 25.7. The monoisotopic (exact) mass is 653 g/mol. The Bertz CT molecular complexity index is 1670. The van der Waals surface area contributed by atoms with Crippen LogP contribution in [-0.2, 0) is 25.9 Å². The highest BCUT2D eigenvalue weighted by Crippen LogP contribution is 2.31. The summed E-state index contributed by atoms with van der Waals surface area (Å²) in [4.78, 5) is 19.0. The molecule has 3 aromatic carbocycles. The van der Waals surface area contributed by atoms with Gasteiger partial charge in [0.05, 0.1) is 12.7 Å². The molecule has 0 aliphatic carbocycles. The molecule has 248 valence electrons. The number of alkyl halides is 3. The summed E-state index contributed by atoms with van der Waals surface area (Å²) in [6.45, 7) is 5.18. The Hall–Kier alpha value is -4.98. The number of benzene rings is 3. The fourth-order valence-electron chi connectivity index (χ4n) is 5.59. The molecular formula is C33H34F3N5O6. The number of hydrogen-bond acceptors (Lipinski definition) is 9. The summed E-state index contributed by atoms with van der Waals surface area (Å²) in [5.41, 5.74) is 2.08. The van der Waals surface area contributed by atoms with Crippen LogP contribution in [0.2, 0.25) is 0 Å². The minimum absolute atomic E-state index is 0.145. The number of ether oxygens (including phenoxy) is 4.